The van der Waals surface area contributed by atoms with Crippen LogP contribution < -0.4 is 9.47 Å². The first kappa shape index (κ1) is 7.28. The highest BCUT2D eigenvalue weighted by Crippen LogP contribution is 2.37. The summed E-state index contributed by atoms with van der Waals surface area (Å²) in [6.45, 7) is 2.94. The molecule has 0 atom stereocenters. The average molecular weight is 166 g/mol. The molecular formula is C9H10O3. The summed E-state index contributed by atoms with van der Waals surface area (Å²) in [5.74, 6) is 1.64. The zero-order chi connectivity index (χ0) is 8.55. The topological polar surface area (TPSA) is 38.7 Å². The van der Waals surface area contributed by atoms with E-state index in [9.17, 15) is 5.11 Å². The van der Waals surface area contributed by atoms with Crippen LogP contribution in [0.5, 0.6) is 17.2 Å². The van der Waals surface area contributed by atoms with Gasteiger partial charge in [-0.05, 0) is 19.1 Å². The fourth-order valence-electron chi connectivity index (χ4n) is 1.24. The number of ether oxygens (including phenoxy) is 2. The van der Waals surface area contributed by atoms with Crippen molar-refractivity contribution in [3.05, 3.63) is 17.7 Å². The van der Waals surface area contributed by atoms with Gasteiger partial charge < -0.3 is 14.6 Å². The van der Waals surface area contributed by atoms with Gasteiger partial charge >= 0.3 is 0 Å². The molecule has 2 rings (SSSR count). The van der Waals surface area contributed by atoms with Gasteiger partial charge in [0.05, 0.1) is 0 Å². The number of phenols is 1. The molecule has 1 aliphatic rings. The summed E-state index contributed by atoms with van der Waals surface area (Å²) in [5, 5.41) is 9.34. The maximum absolute atomic E-state index is 9.34. The van der Waals surface area contributed by atoms with Crippen LogP contribution in [0.2, 0.25) is 0 Å². The molecule has 0 spiro atoms. The van der Waals surface area contributed by atoms with Crippen molar-refractivity contribution < 1.29 is 14.6 Å². The Bertz CT molecular complexity index is 307. The monoisotopic (exact) mass is 166 g/mol. The molecule has 0 bridgehead atoms. The smallest absolute Gasteiger partial charge is 0.167 e. The minimum atomic E-state index is 0.249. The maximum atomic E-state index is 9.34. The van der Waals surface area contributed by atoms with Gasteiger partial charge in [0.25, 0.3) is 0 Å². The summed E-state index contributed by atoms with van der Waals surface area (Å²) in [4.78, 5) is 0. The predicted molar refractivity (Wildman–Crippen MR) is 43.8 cm³/mol. The highest BCUT2D eigenvalue weighted by atomic mass is 16.6. The third-order valence-corrected chi connectivity index (χ3v) is 1.93. The Labute approximate surface area is 70.5 Å². The molecule has 0 aliphatic carbocycles. The number of fused-ring (bicyclic) bond motifs is 1. The van der Waals surface area contributed by atoms with E-state index in [-0.39, 0.29) is 5.75 Å². The lowest BCUT2D eigenvalue weighted by Crippen LogP contribution is -2.15. The Balaban J connectivity index is 2.54. The van der Waals surface area contributed by atoms with Crippen molar-refractivity contribution in [2.75, 3.05) is 13.2 Å². The summed E-state index contributed by atoms with van der Waals surface area (Å²) in [6, 6.07) is 3.33. The summed E-state index contributed by atoms with van der Waals surface area (Å²) in [6.07, 6.45) is 0. The fourth-order valence-corrected chi connectivity index (χ4v) is 1.24. The van der Waals surface area contributed by atoms with Crippen molar-refractivity contribution in [1.29, 1.82) is 0 Å². The number of hydrogen-bond donors (Lipinski definition) is 1. The van der Waals surface area contributed by atoms with Gasteiger partial charge in [-0.15, -0.1) is 0 Å². The molecule has 0 aromatic heterocycles. The second kappa shape index (κ2) is 2.59. The predicted octanol–water partition coefficient (Wildman–Crippen LogP) is 1.47. The van der Waals surface area contributed by atoms with Crippen LogP contribution in [0.1, 0.15) is 5.56 Å². The molecule has 1 N–H and O–H groups in total. The lowest BCUT2D eigenvalue weighted by atomic mass is 10.2. The van der Waals surface area contributed by atoms with Gasteiger partial charge in [0.2, 0.25) is 0 Å². The van der Waals surface area contributed by atoms with Crippen molar-refractivity contribution >= 4 is 0 Å². The van der Waals surface area contributed by atoms with E-state index in [1.807, 2.05) is 6.92 Å². The van der Waals surface area contributed by atoms with Crippen LogP contribution >= 0.6 is 0 Å². The normalized spacial score (nSPS) is 14.4. The molecule has 0 amide bonds. The number of hydrogen-bond acceptors (Lipinski definition) is 3. The Morgan fingerprint density at radius 2 is 2.00 bits per heavy atom. The van der Waals surface area contributed by atoms with Crippen molar-refractivity contribution in [1.82, 2.24) is 0 Å². The van der Waals surface area contributed by atoms with Gasteiger partial charge in [-0.3, -0.25) is 0 Å². The molecule has 1 aliphatic heterocycles. The molecule has 0 saturated carbocycles. The summed E-state index contributed by atoms with van der Waals surface area (Å²) in [5.41, 5.74) is 0.743. The van der Waals surface area contributed by atoms with Gasteiger partial charge in [-0.25, -0.2) is 0 Å². The van der Waals surface area contributed by atoms with E-state index in [0.29, 0.717) is 19.0 Å². The van der Waals surface area contributed by atoms with Crippen molar-refractivity contribution in [2.24, 2.45) is 0 Å². The van der Waals surface area contributed by atoms with E-state index in [1.165, 1.54) is 0 Å². The molecule has 0 radical (unpaired) electrons. The third kappa shape index (κ3) is 0.978. The Morgan fingerprint density at radius 3 is 2.83 bits per heavy atom. The molecular weight excluding hydrogens is 156 g/mol. The standard InChI is InChI=1S/C9H10O3/c1-6-7(10)2-3-8-9(6)12-5-4-11-8/h2-3,10H,4-5H2,1H3. The van der Waals surface area contributed by atoms with Crippen LogP contribution in [0.4, 0.5) is 0 Å². The second-order valence-electron chi connectivity index (χ2n) is 2.73. The number of benzene rings is 1. The molecule has 1 heterocycles. The van der Waals surface area contributed by atoms with E-state index in [1.54, 1.807) is 12.1 Å². The maximum Gasteiger partial charge on any atom is 0.167 e. The highest BCUT2D eigenvalue weighted by molar-refractivity contribution is 5.53. The Hall–Kier alpha value is -1.38. The van der Waals surface area contributed by atoms with E-state index in [2.05, 4.69) is 0 Å². The molecule has 0 fully saturated rings. The molecule has 1 aromatic rings. The molecule has 3 heteroatoms. The van der Waals surface area contributed by atoms with Gasteiger partial charge in [0.1, 0.15) is 19.0 Å². The zero-order valence-corrected chi connectivity index (χ0v) is 6.83. The van der Waals surface area contributed by atoms with E-state index in [0.717, 1.165) is 11.3 Å². The highest BCUT2D eigenvalue weighted by Gasteiger charge is 2.15. The van der Waals surface area contributed by atoms with Crippen LogP contribution in [0.15, 0.2) is 12.1 Å². The number of aromatic hydroxyl groups is 1. The average Bonchev–Trinajstić information content (AvgIpc) is 2.12. The van der Waals surface area contributed by atoms with Crippen LogP contribution in [0, 0.1) is 6.92 Å². The number of phenolic OH excluding ortho intramolecular Hbond substituents is 1. The summed E-state index contributed by atoms with van der Waals surface area (Å²) < 4.78 is 10.7. The summed E-state index contributed by atoms with van der Waals surface area (Å²) >= 11 is 0. The molecule has 3 nitrogen and oxygen atoms in total. The fraction of sp³-hybridized carbons (Fsp3) is 0.333. The first-order valence-corrected chi connectivity index (χ1v) is 3.87. The zero-order valence-electron chi connectivity index (χ0n) is 6.83. The summed E-state index contributed by atoms with van der Waals surface area (Å²) in [7, 11) is 0. The van der Waals surface area contributed by atoms with Crippen molar-refractivity contribution in [3.63, 3.8) is 0 Å². The van der Waals surface area contributed by atoms with Gasteiger partial charge in [-0.1, -0.05) is 0 Å². The molecule has 0 unspecified atom stereocenters. The van der Waals surface area contributed by atoms with Crippen molar-refractivity contribution in [3.8, 4) is 17.2 Å². The Kier molecular flexibility index (Phi) is 1.57. The third-order valence-electron chi connectivity index (χ3n) is 1.93. The molecule has 1 aromatic carbocycles. The van der Waals surface area contributed by atoms with Crippen LogP contribution in [-0.2, 0) is 0 Å². The molecule has 12 heavy (non-hydrogen) atoms. The lowest BCUT2D eigenvalue weighted by Gasteiger charge is -2.20. The minimum absolute atomic E-state index is 0.249. The van der Waals surface area contributed by atoms with Crippen LogP contribution in [0.25, 0.3) is 0 Å². The second-order valence-corrected chi connectivity index (χ2v) is 2.73. The quantitative estimate of drug-likeness (QED) is 0.634. The first-order valence-electron chi connectivity index (χ1n) is 3.87. The van der Waals surface area contributed by atoms with Crippen LogP contribution in [0.3, 0.4) is 0 Å². The number of rotatable bonds is 0. The van der Waals surface area contributed by atoms with Crippen molar-refractivity contribution in [2.45, 2.75) is 6.92 Å². The SMILES string of the molecule is Cc1c(O)ccc2c1OCCO2. The van der Waals surface area contributed by atoms with Gasteiger partial charge in [0, 0.05) is 5.56 Å². The van der Waals surface area contributed by atoms with Gasteiger partial charge in [0.15, 0.2) is 11.5 Å². The van der Waals surface area contributed by atoms with Gasteiger partial charge in [-0.2, -0.15) is 0 Å². The largest absolute Gasteiger partial charge is 0.508 e. The lowest BCUT2D eigenvalue weighted by molar-refractivity contribution is 0.169. The molecule has 64 valence electrons. The van der Waals surface area contributed by atoms with E-state index >= 15 is 0 Å². The van der Waals surface area contributed by atoms with Crippen LogP contribution in [-0.4, -0.2) is 18.3 Å². The Morgan fingerprint density at radius 1 is 1.25 bits per heavy atom. The van der Waals surface area contributed by atoms with E-state index < -0.39 is 0 Å². The minimum Gasteiger partial charge on any atom is -0.508 e. The van der Waals surface area contributed by atoms with E-state index in [4.69, 9.17) is 9.47 Å². The first-order chi connectivity index (χ1) is 5.79. The molecule has 0 saturated heterocycles.